The lowest BCUT2D eigenvalue weighted by atomic mass is 9.91. The van der Waals surface area contributed by atoms with Crippen LogP contribution in [0.3, 0.4) is 0 Å². The summed E-state index contributed by atoms with van der Waals surface area (Å²) in [4.78, 5) is 0. The fraction of sp³-hybridized carbons (Fsp3) is 1.00. The molecule has 0 N–H and O–H groups in total. The first-order valence-electron chi connectivity index (χ1n) is 7.96. The second kappa shape index (κ2) is 12.0. The molecule has 0 heterocycles. The van der Waals surface area contributed by atoms with E-state index in [9.17, 15) is 0 Å². The van der Waals surface area contributed by atoms with Crippen molar-refractivity contribution in [3.63, 3.8) is 0 Å². The van der Waals surface area contributed by atoms with Gasteiger partial charge in [-0.05, 0) is 19.3 Å². The molecular weight excluding hydrogens is 223 g/mol. The van der Waals surface area contributed by atoms with Crippen molar-refractivity contribution in [2.24, 2.45) is 0 Å². The van der Waals surface area contributed by atoms with Gasteiger partial charge in [-0.25, -0.2) is 0 Å². The van der Waals surface area contributed by atoms with Crippen molar-refractivity contribution in [2.45, 2.75) is 84.2 Å². The van der Waals surface area contributed by atoms with Crippen molar-refractivity contribution in [3.8, 4) is 0 Å². The average Bonchev–Trinajstić information content (AvgIpc) is 2.38. The molecule has 2 nitrogen and oxygen atoms in total. The molecule has 0 amide bonds. The molecule has 0 atom stereocenters. The first-order chi connectivity index (χ1) is 8.68. The molecule has 0 aliphatic heterocycles. The molecule has 0 radical (unpaired) electrons. The van der Waals surface area contributed by atoms with Crippen LogP contribution in [0.4, 0.5) is 0 Å². The summed E-state index contributed by atoms with van der Waals surface area (Å²) in [6, 6.07) is 0. The van der Waals surface area contributed by atoms with E-state index in [4.69, 9.17) is 9.47 Å². The van der Waals surface area contributed by atoms with Gasteiger partial charge in [-0.3, -0.25) is 0 Å². The van der Waals surface area contributed by atoms with Gasteiger partial charge in [0, 0.05) is 13.2 Å². The van der Waals surface area contributed by atoms with Gasteiger partial charge in [-0.1, -0.05) is 59.3 Å². The van der Waals surface area contributed by atoms with E-state index < -0.39 is 0 Å². The third-order valence-electron chi connectivity index (χ3n) is 3.45. The standard InChI is InChI=1S/C15H33BO2/c1-4-7-9-11-13-17-15(16,6-3)18-14-12-10-8-5-2/h4-14,16H2,1-3H3. The van der Waals surface area contributed by atoms with E-state index in [1.165, 1.54) is 38.5 Å². The Morgan fingerprint density at radius 1 is 0.722 bits per heavy atom. The third-order valence-corrected chi connectivity index (χ3v) is 3.45. The summed E-state index contributed by atoms with van der Waals surface area (Å²) in [5, 5.41) is 0. The zero-order valence-electron chi connectivity index (χ0n) is 13.1. The summed E-state index contributed by atoms with van der Waals surface area (Å²) >= 11 is 0. The molecule has 0 saturated heterocycles. The first kappa shape index (κ1) is 18.0. The molecule has 0 aromatic rings. The van der Waals surface area contributed by atoms with Crippen LogP contribution < -0.4 is 0 Å². The Bertz CT molecular complexity index is 160. The monoisotopic (exact) mass is 256 g/mol. The van der Waals surface area contributed by atoms with Gasteiger partial charge in [0.2, 0.25) is 0 Å². The Morgan fingerprint density at radius 2 is 1.17 bits per heavy atom. The molecule has 0 aliphatic rings. The molecule has 0 rings (SSSR count). The second-order valence-electron chi connectivity index (χ2n) is 5.31. The zero-order valence-corrected chi connectivity index (χ0v) is 13.1. The molecule has 0 aromatic carbocycles. The maximum atomic E-state index is 5.91. The van der Waals surface area contributed by atoms with Gasteiger partial charge in [0.1, 0.15) is 5.69 Å². The molecule has 0 saturated carbocycles. The lowest BCUT2D eigenvalue weighted by molar-refractivity contribution is -0.181. The minimum atomic E-state index is -0.363. The van der Waals surface area contributed by atoms with Gasteiger partial charge in [0.15, 0.2) is 7.85 Å². The summed E-state index contributed by atoms with van der Waals surface area (Å²) in [7, 11) is 2.08. The first-order valence-corrected chi connectivity index (χ1v) is 7.96. The number of hydrogen-bond donors (Lipinski definition) is 0. The highest BCUT2D eigenvalue weighted by atomic mass is 16.7. The van der Waals surface area contributed by atoms with Crippen molar-refractivity contribution < 1.29 is 9.47 Å². The van der Waals surface area contributed by atoms with Crippen LogP contribution in [0.5, 0.6) is 0 Å². The van der Waals surface area contributed by atoms with Gasteiger partial charge < -0.3 is 9.47 Å². The summed E-state index contributed by atoms with van der Waals surface area (Å²) in [5.41, 5.74) is -0.363. The molecule has 3 heteroatoms. The Balaban J connectivity index is 3.60. The minimum absolute atomic E-state index is 0.363. The van der Waals surface area contributed by atoms with E-state index >= 15 is 0 Å². The Hall–Kier alpha value is -0.0151. The number of ether oxygens (including phenoxy) is 2. The molecule has 0 fully saturated rings. The number of unbranched alkanes of at least 4 members (excludes halogenated alkanes) is 6. The summed E-state index contributed by atoms with van der Waals surface area (Å²) < 4.78 is 11.8. The van der Waals surface area contributed by atoms with Crippen LogP contribution in [0.1, 0.15) is 78.6 Å². The Labute approximate surface area is 115 Å². The fourth-order valence-corrected chi connectivity index (χ4v) is 1.88. The van der Waals surface area contributed by atoms with Crippen molar-refractivity contribution in [1.29, 1.82) is 0 Å². The predicted octanol–water partition coefficient (Wildman–Crippen LogP) is 3.88. The van der Waals surface area contributed by atoms with Crippen LogP contribution in [0.2, 0.25) is 0 Å². The predicted molar refractivity (Wildman–Crippen MR) is 81.8 cm³/mol. The lowest BCUT2D eigenvalue weighted by Gasteiger charge is -2.29. The molecule has 0 bridgehead atoms. The van der Waals surface area contributed by atoms with Crippen LogP contribution in [0, 0.1) is 0 Å². The topological polar surface area (TPSA) is 18.5 Å². The molecule has 0 aliphatic carbocycles. The van der Waals surface area contributed by atoms with Crippen molar-refractivity contribution in [3.05, 3.63) is 0 Å². The fourth-order valence-electron chi connectivity index (χ4n) is 1.88. The highest BCUT2D eigenvalue weighted by Gasteiger charge is 2.22. The molecule has 0 spiro atoms. The number of hydrogen-bond acceptors (Lipinski definition) is 2. The van der Waals surface area contributed by atoms with E-state index in [2.05, 4.69) is 28.6 Å². The average molecular weight is 256 g/mol. The van der Waals surface area contributed by atoms with Gasteiger partial charge in [0.25, 0.3) is 0 Å². The van der Waals surface area contributed by atoms with Gasteiger partial charge in [0.05, 0.1) is 0 Å². The van der Waals surface area contributed by atoms with Gasteiger partial charge in [-0.15, -0.1) is 0 Å². The van der Waals surface area contributed by atoms with E-state index in [0.717, 1.165) is 32.5 Å². The highest BCUT2D eigenvalue weighted by molar-refractivity contribution is 6.13. The minimum Gasteiger partial charge on any atom is -0.359 e. The molecule has 0 unspecified atom stereocenters. The lowest BCUT2D eigenvalue weighted by Crippen LogP contribution is -2.36. The molecule has 18 heavy (non-hydrogen) atoms. The smallest absolute Gasteiger partial charge is 0.178 e. The SMILES string of the molecule is BC(CC)(OCCCCCC)OCCCCCC. The maximum absolute atomic E-state index is 5.91. The van der Waals surface area contributed by atoms with Crippen molar-refractivity contribution in [1.82, 2.24) is 0 Å². The Kier molecular flexibility index (Phi) is 12.0. The largest absolute Gasteiger partial charge is 0.359 e. The van der Waals surface area contributed by atoms with Crippen LogP contribution in [-0.2, 0) is 9.47 Å². The summed E-state index contributed by atoms with van der Waals surface area (Å²) in [6.45, 7) is 8.27. The van der Waals surface area contributed by atoms with Crippen LogP contribution in [0.15, 0.2) is 0 Å². The number of rotatable bonds is 13. The maximum Gasteiger partial charge on any atom is 0.178 e. The van der Waals surface area contributed by atoms with Crippen molar-refractivity contribution >= 4 is 7.85 Å². The van der Waals surface area contributed by atoms with Gasteiger partial charge >= 0.3 is 0 Å². The van der Waals surface area contributed by atoms with Gasteiger partial charge in [-0.2, -0.15) is 0 Å². The normalized spacial score (nSPS) is 11.9. The quantitative estimate of drug-likeness (QED) is 0.283. The highest BCUT2D eigenvalue weighted by Crippen LogP contribution is 2.15. The zero-order chi connectivity index (χ0) is 13.7. The van der Waals surface area contributed by atoms with E-state index in [-0.39, 0.29) is 5.69 Å². The molecule has 108 valence electrons. The van der Waals surface area contributed by atoms with E-state index in [0.29, 0.717) is 0 Å². The molecule has 0 aromatic heterocycles. The summed E-state index contributed by atoms with van der Waals surface area (Å²) in [6.07, 6.45) is 10.9. The summed E-state index contributed by atoms with van der Waals surface area (Å²) in [5.74, 6) is 0. The van der Waals surface area contributed by atoms with Crippen LogP contribution in [0.25, 0.3) is 0 Å². The van der Waals surface area contributed by atoms with E-state index in [1.54, 1.807) is 0 Å². The van der Waals surface area contributed by atoms with E-state index in [1.807, 2.05) is 0 Å². The third kappa shape index (κ3) is 9.96. The molecular formula is C15H33BO2. The Morgan fingerprint density at radius 3 is 1.50 bits per heavy atom. The van der Waals surface area contributed by atoms with Crippen molar-refractivity contribution in [2.75, 3.05) is 13.2 Å². The van der Waals surface area contributed by atoms with Crippen LogP contribution >= 0.6 is 0 Å². The van der Waals surface area contributed by atoms with Crippen LogP contribution in [-0.4, -0.2) is 26.7 Å². The second-order valence-corrected chi connectivity index (χ2v) is 5.31.